The minimum absolute atomic E-state index is 0.0150. The van der Waals surface area contributed by atoms with Gasteiger partial charge < -0.3 is 9.64 Å². The van der Waals surface area contributed by atoms with Crippen LogP contribution in [0.3, 0.4) is 0 Å². The van der Waals surface area contributed by atoms with Crippen molar-refractivity contribution in [2.24, 2.45) is 0 Å². The van der Waals surface area contributed by atoms with Gasteiger partial charge in [-0.25, -0.2) is 0 Å². The fraction of sp³-hybridized carbons (Fsp3) is 0.462. The van der Waals surface area contributed by atoms with Crippen molar-refractivity contribution in [2.45, 2.75) is 26.0 Å². The summed E-state index contributed by atoms with van der Waals surface area (Å²) >= 11 is 9.27. The van der Waals surface area contributed by atoms with Crippen LogP contribution in [0.4, 0.5) is 0 Å². The summed E-state index contributed by atoms with van der Waals surface area (Å²) < 4.78 is 6.26. The van der Waals surface area contributed by atoms with E-state index in [1.54, 1.807) is 18.2 Å². The Morgan fingerprint density at radius 3 is 2.89 bits per heavy atom. The zero-order chi connectivity index (χ0) is 13.3. The summed E-state index contributed by atoms with van der Waals surface area (Å²) in [5, 5.41) is 0.613. The highest BCUT2D eigenvalue weighted by Gasteiger charge is 2.29. The van der Waals surface area contributed by atoms with Gasteiger partial charge in [-0.1, -0.05) is 11.6 Å². The predicted octanol–water partition coefficient (Wildman–Crippen LogP) is 3.35. The van der Waals surface area contributed by atoms with Crippen LogP contribution < -0.4 is 0 Å². The summed E-state index contributed by atoms with van der Waals surface area (Å²) in [6.45, 7) is 5.17. The molecule has 5 heteroatoms. The van der Waals surface area contributed by atoms with Gasteiger partial charge in [-0.15, -0.1) is 0 Å². The third-order valence-corrected chi connectivity index (χ3v) is 3.92. The van der Waals surface area contributed by atoms with Gasteiger partial charge in [-0.3, -0.25) is 4.79 Å². The zero-order valence-electron chi connectivity index (χ0n) is 10.3. The average molecular weight is 333 g/mol. The number of morpholine rings is 1. The van der Waals surface area contributed by atoms with E-state index < -0.39 is 0 Å². The lowest BCUT2D eigenvalue weighted by atomic mass is 10.1. The van der Waals surface area contributed by atoms with E-state index in [-0.39, 0.29) is 18.1 Å². The van der Waals surface area contributed by atoms with Gasteiger partial charge >= 0.3 is 0 Å². The van der Waals surface area contributed by atoms with Crippen LogP contribution in [0.15, 0.2) is 22.7 Å². The maximum atomic E-state index is 12.5. The monoisotopic (exact) mass is 331 g/mol. The first-order valence-corrected chi connectivity index (χ1v) is 7.03. The summed E-state index contributed by atoms with van der Waals surface area (Å²) in [7, 11) is 0. The number of ether oxygens (including phenoxy) is 1. The maximum absolute atomic E-state index is 12.5. The topological polar surface area (TPSA) is 29.5 Å². The summed E-state index contributed by atoms with van der Waals surface area (Å²) in [6.07, 6.45) is 0.0798. The summed E-state index contributed by atoms with van der Waals surface area (Å²) in [5.74, 6) is 0.0150. The van der Waals surface area contributed by atoms with Gasteiger partial charge in [-0.05, 0) is 48.0 Å². The fourth-order valence-electron chi connectivity index (χ4n) is 2.00. The van der Waals surface area contributed by atoms with Crippen LogP contribution in [-0.4, -0.2) is 36.1 Å². The molecule has 0 aromatic heterocycles. The molecule has 2 unspecified atom stereocenters. The van der Waals surface area contributed by atoms with E-state index in [1.165, 1.54) is 0 Å². The van der Waals surface area contributed by atoms with Crippen molar-refractivity contribution >= 4 is 33.4 Å². The number of nitrogens with zero attached hydrogens (tertiary/aromatic N) is 1. The van der Waals surface area contributed by atoms with Crippen LogP contribution in [0, 0.1) is 0 Å². The minimum atomic E-state index is 0.0150. The third kappa shape index (κ3) is 2.87. The molecule has 2 rings (SSSR count). The average Bonchev–Trinajstić information content (AvgIpc) is 2.31. The Hall–Kier alpha value is -0.580. The Labute approximate surface area is 120 Å². The Morgan fingerprint density at radius 1 is 1.50 bits per heavy atom. The lowest BCUT2D eigenvalue weighted by Crippen LogP contribution is -2.50. The third-order valence-electron chi connectivity index (χ3n) is 3.03. The van der Waals surface area contributed by atoms with Crippen molar-refractivity contribution in [1.82, 2.24) is 4.90 Å². The number of benzene rings is 1. The van der Waals surface area contributed by atoms with E-state index >= 15 is 0 Å². The quantitative estimate of drug-likeness (QED) is 0.789. The molecule has 3 nitrogen and oxygen atoms in total. The molecule has 1 aromatic carbocycles. The van der Waals surface area contributed by atoms with Gasteiger partial charge in [0.25, 0.3) is 5.91 Å². The van der Waals surface area contributed by atoms with Gasteiger partial charge in [0.1, 0.15) is 0 Å². The molecule has 0 saturated carbocycles. The van der Waals surface area contributed by atoms with E-state index in [1.807, 2.05) is 18.7 Å². The van der Waals surface area contributed by atoms with Gasteiger partial charge in [0, 0.05) is 16.0 Å². The van der Waals surface area contributed by atoms with E-state index in [9.17, 15) is 4.79 Å². The van der Waals surface area contributed by atoms with Crippen LogP contribution in [-0.2, 0) is 4.74 Å². The van der Waals surface area contributed by atoms with Gasteiger partial charge in [0.15, 0.2) is 0 Å². The van der Waals surface area contributed by atoms with Crippen molar-refractivity contribution in [1.29, 1.82) is 0 Å². The first kappa shape index (κ1) is 13.8. The molecule has 0 N–H and O–H groups in total. The molecule has 1 aliphatic rings. The van der Waals surface area contributed by atoms with Crippen LogP contribution in [0.2, 0.25) is 5.02 Å². The van der Waals surface area contributed by atoms with Gasteiger partial charge in [0.2, 0.25) is 0 Å². The molecule has 1 aromatic rings. The molecule has 0 spiro atoms. The molecule has 0 bridgehead atoms. The lowest BCUT2D eigenvalue weighted by Gasteiger charge is -2.37. The first-order chi connectivity index (χ1) is 8.49. The largest absolute Gasteiger partial charge is 0.375 e. The fourth-order valence-corrected chi connectivity index (χ4v) is 2.86. The molecular weight excluding hydrogens is 318 g/mol. The second-order valence-corrected chi connectivity index (χ2v) is 5.87. The Kier molecular flexibility index (Phi) is 4.30. The van der Waals surface area contributed by atoms with Gasteiger partial charge in [-0.2, -0.15) is 0 Å². The molecule has 18 heavy (non-hydrogen) atoms. The smallest absolute Gasteiger partial charge is 0.255 e. The number of amides is 1. The van der Waals surface area contributed by atoms with Crippen molar-refractivity contribution in [3.05, 3.63) is 33.3 Å². The van der Waals surface area contributed by atoms with Crippen LogP contribution in [0.5, 0.6) is 0 Å². The van der Waals surface area contributed by atoms with Crippen molar-refractivity contribution < 1.29 is 9.53 Å². The van der Waals surface area contributed by atoms with Crippen molar-refractivity contribution in [3.8, 4) is 0 Å². The number of carbonyl (C=O) groups excluding carboxylic acids is 1. The number of rotatable bonds is 1. The highest BCUT2D eigenvalue weighted by molar-refractivity contribution is 9.10. The van der Waals surface area contributed by atoms with Crippen molar-refractivity contribution in [2.75, 3.05) is 13.2 Å². The second-order valence-electron chi connectivity index (χ2n) is 4.57. The lowest BCUT2D eigenvalue weighted by molar-refractivity contribution is -0.0387. The molecule has 1 heterocycles. The molecule has 2 atom stereocenters. The molecule has 1 fully saturated rings. The van der Waals surface area contributed by atoms with E-state index in [0.717, 1.165) is 4.47 Å². The van der Waals surface area contributed by atoms with E-state index in [4.69, 9.17) is 16.3 Å². The summed E-state index contributed by atoms with van der Waals surface area (Å²) in [4.78, 5) is 14.3. The standard InChI is InChI=1S/C13H15BrClNO2/c1-8-7-18-9(2)6-16(8)13(17)11-4-3-10(15)5-12(11)14/h3-5,8-9H,6-7H2,1-2H3. The molecule has 0 radical (unpaired) electrons. The minimum Gasteiger partial charge on any atom is -0.375 e. The zero-order valence-corrected chi connectivity index (χ0v) is 12.7. The first-order valence-electron chi connectivity index (χ1n) is 5.86. The SMILES string of the molecule is CC1CN(C(=O)c2ccc(Cl)cc2Br)C(C)CO1. The molecule has 0 aliphatic carbocycles. The summed E-state index contributed by atoms with van der Waals surface area (Å²) in [6, 6.07) is 5.32. The van der Waals surface area contributed by atoms with Crippen LogP contribution in [0.25, 0.3) is 0 Å². The number of carbonyl (C=O) groups is 1. The highest BCUT2D eigenvalue weighted by atomic mass is 79.9. The van der Waals surface area contributed by atoms with Crippen molar-refractivity contribution in [3.63, 3.8) is 0 Å². The number of hydrogen-bond donors (Lipinski definition) is 0. The molecular formula is C13H15BrClNO2. The predicted molar refractivity (Wildman–Crippen MR) is 75.1 cm³/mol. The second kappa shape index (κ2) is 5.59. The molecule has 1 aliphatic heterocycles. The summed E-state index contributed by atoms with van der Waals surface area (Å²) in [5.41, 5.74) is 0.639. The Morgan fingerprint density at radius 2 is 2.22 bits per heavy atom. The molecule has 98 valence electrons. The molecule has 1 saturated heterocycles. The van der Waals surface area contributed by atoms with E-state index in [2.05, 4.69) is 15.9 Å². The van der Waals surface area contributed by atoms with Gasteiger partial charge in [0.05, 0.1) is 24.3 Å². The van der Waals surface area contributed by atoms with E-state index in [0.29, 0.717) is 23.7 Å². The normalized spacial score (nSPS) is 24.1. The van der Waals surface area contributed by atoms with Crippen LogP contribution in [0.1, 0.15) is 24.2 Å². The number of halogens is 2. The highest BCUT2D eigenvalue weighted by Crippen LogP contribution is 2.24. The number of hydrogen-bond acceptors (Lipinski definition) is 2. The maximum Gasteiger partial charge on any atom is 0.255 e. The Balaban J connectivity index is 2.24. The molecule has 1 amide bonds. The van der Waals surface area contributed by atoms with Crippen LogP contribution >= 0.6 is 27.5 Å². The Bertz CT molecular complexity index is 466.